The summed E-state index contributed by atoms with van der Waals surface area (Å²) in [4.78, 5) is 23.0. The first-order valence-corrected chi connectivity index (χ1v) is 8.76. The average molecular weight is 398 g/mol. The van der Waals surface area contributed by atoms with E-state index < -0.39 is 61.3 Å². The van der Waals surface area contributed by atoms with Crippen LogP contribution in [0.2, 0.25) is 0 Å². The van der Waals surface area contributed by atoms with Gasteiger partial charge in [-0.15, -0.1) is 0 Å². The van der Waals surface area contributed by atoms with E-state index in [2.05, 4.69) is 0 Å². The predicted molar refractivity (Wildman–Crippen MR) is 90.2 cm³/mol. The fourth-order valence-corrected chi connectivity index (χ4v) is 3.28. The second-order valence-corrected chi connectivity index (χ2v) is 6.81. The highest BCUT2D eigenvalue weighted by atomic mass is 16.7. The smallest absolute Gasteiger partial charge is 0.335 e. The van der Waals surface area contributed by atoms with Gasteiger partial charge in [0.2, 0.25) is 0 Å². The standard InChI is InChI=1S/C18H22O10/c19-6-11-13(20)14(21)15(22)18(27-11)28-12-7-26-17(25)10(12)5-8-1-3-9(4-2-8)16(23)24/h1-4,10-15,18-22H,5-7H2,(H,23,24)/t10?,11-,12+,13-,14+,15-,18?/m1/s1. The van der Waals surface area contributed by atoms with Gasteiger partial charge in [0, 0.05) is 0 Å². The lowest BCUT2D eigenvalue weighted by molar-refractivity contribution is -0.313. The summed E-state index contributed by atoms with van der Waals surface area (Å²) in [5.74, 6) is -2.31. The Morgan fingerprint density at radius 2 is 1.79 bits per heavy atom. The summed E-state index contributed by atoms with van der Waals surface area (Å²) in [6.07, 6.45) is -7.76. The zero-order chi connectivity index (χ0) is 20.4. The lowest BCUT2D eigenvalue weighted by Gasteiger charge is -2.40. The molecule has 0 bridgehead atoms. The first-order chi connectivity index (χ1) is 13.3. The summed E-state index contributed by atoms with van der Waals surface area (Å²) in [5.41, 5.74) is 0.808. The number of rotatable bonds is 6. The number of carboxylic acid groups (broad SMARTS) is 1. The van der Waals surface area contributed by atoms with Gasteiger partial charge < -0.3 is 39.7 Å². The molecule has 1 aromatic carbocycles. The number of aliphatic hydroxyl groups is 4. The fraction of sp³-hybridized carbons (Fsp3) is 0.556. The van der Waals surface area contributed by atoms with Crippen LogP contribution in [0.3, 0.4) is 0 Å². The van der Waals surface area contributed by atoms with Gasteiger partial charge >= 0.3 is 11.9 Å². The molecule has 7 atom stereocenters. The van der Waals surface area contributed by atoms with E-state index in [1.807, 2.05) is 0 Å². The molecule has 0 aromatic heterocycles. The number of aromatic carboxylic acids is 1. The summed E-state index contributed by atoms with van der Waals surface area (Å²) in [6.45, 7) is -0.685. The van der Waals surface area contributed by atoms with Crippen molar-refractivity contribution in [3.8, 4) is 0 Å². The third kappa shape index (κ3) is 4.17. The maximum absolute atomic E-state index is 12.1. The van der Waals surface area contributed by atoms with Gasteiger partial charge in [-0.3, -0.25) is 4.79 Å². The largest absolute Gasteiger partial charge is 0.478 e. The molecule has 2 fully saturated rings. The van der Waals surface area contributed by atoms with E-state index in [4.69, 9.17) is 19.3 Å². The molecule has 0 saturated carbocycles. The molecule has 2 aliphatic rings. The number of benzene rings is 1. The lowest BCUT2D eigenvalue weighted by atomic mass is 9.95. The third-order valence-electron chi connectivity index (χ3n) is 4.96. The van der Waals surface area contributed by atoms with E-state index in [-0.39, 0.29) is 18.6 Å². The van der Waals surface area contributed by atoms with Gasteiger partial charge in [-0.05, 0) is 24.1 Å². The highest BCUT2D eigenvalue weighted by Gasteiger charge is 2.47. The Morgan fingerprint density at radius 1 is 1.11 bits per heavy atom. The molecule has 0 amide bonds. The van der Waals surface area contributed by atoms with Crippen molar-refractivity contribution >= 4 is 11.9 Å². The van der Waals surface area contributed by atoms with Crippen molar-refractivity contribution in [2.24, 2.45) is 5.92 Å². The van der Waals surface area contributed by atoms with Gasteiger partial charge in [0.1, 0.15) is 37.1 Å². The van der Waals surface area contributed by atoms with Crippen molar-refractivity contribution in [3.05, 3.63) is 35.4 Å². The first-order valence-electron chi connectivity index (χ1n) is 8.76. The number of carbonyl (C=O) groups excluding carboxylic acids is 1. The monoisotopic (exact) mass is 398 g/mol. The molecule has 0 radical (unpaired) electrons. The van der Waals surface area contributed by atoms with Crippen LogP contribution in [0, 0.1) is 5.92 Å². The number of carboxylic acids is 1. The van der Waals surface area contributed by atoms with Crippen LogP contribution in [0.1, 0.15) is 15.9 Å². The predicted octanol–water partition coefficient (Wildman–Crippen LogP) is -1.71. The number of hydrogen-bond donors (Lipinski definition) is 5. The van der Waals surface area contributed by atoms with Gasteiger partial charge in [0.25, 0.3) is 0 Å². The highest BCUT2D eigenvalue weighted by Crippen LogP contribution is 2.29. The molecule has 2 unspecified atom stereocenters. The summed E-state index contributed by atoms with van der Waals surface area (Å²) in [7, 11) is 0. The van der Waals surface area contributed by atoms with Crippen molar-refractivity contribution in [1.29, 1.82) is 0 Å². The van der Waals surface area contributed by atoms with E-state index >= 15 is 0 Å². The zero-order valence-electron chi connectivity index (χ0n) is 14.7. The Labute approximate surface area is 159 Å². The molecule has 5 N–H and O–H groups in total. The van der Waals surface area contributed by atoms with Crippen LogP contribution in [0.5, 0.6) is 0 Å². The molecule has 2 saturated heterocycles. The van der Waals surface area contributed by atoms with Crippen LogP contribution in [0.15, 0.2) is 24.3 Å². The van der Waals surface area contributed by atoms with Gasteiger partial charge in [-0.25, -0.2) is 4.79 Å². The molecular weight excluding hydrogens is 376 g/mol. The normalized spacial score (nSPS) is 35.6. The lowest BCUT2D eigenvalue weighted by Crippen LogP contribution is -2.60. The Balaban J connectivity index is 1.69. The van der Waals surface area contributed by atoms with E-state index in [0.29, 0.717) is 5.56 Å². The van der Waals surface area contributed by atoms with Crippen molar-refractivity contribution in [2.75, 3.05) is 13.2 Å². The van der Waals surface area contributed by atoms with Crippen molar-refractivity contribution in [1.82, 2.24) is 0 Å². The van der Waals surface area contributed by atoms with Crippen LogP contribution < -0.4 is 0 Å². The average Bonchev–Trinajstić information content (AvgIpc) is 3.02. The summed E-state index contributed by atoms with van der Waals surface area (Å²) < 4.78 is 16.0. The summed E-state index contributed by atoms with van der Waals surface area (Å²) >= 11 is 0. The third-order valence-corrected chi connectivity index (χ3v) is 4.96. The van der Waals surface area contributed by atoms with Gasteiger partial charge in [-0.1, -0.05) is 12.1 Å². The fourth-order valence-electron chi connectivity index (χ4n) is 3.28. The van der Waals surface area contributed by atoms with Crippen LogP contribution in [-0.4, -0.2) is 87.5 Å². The number of aliphatic hydroxyl groups excluding tert-OH is 4. The molecule has 1 aromatic rings. The number of hydrogen-bond acceptors (Lipinski definition) is 9. The minimum absolute atomic E-state index is 0.0915. The Hall–Kier alpha value is -2.08. The molecular formula is C18H22O10. The van der Waals surface area contributed by atoms with Crippen LogP contribution in [0.25, 0.3) is 0 Å². The number of carbonyl (C=O) groups is 2. The minimum Gasteiger partial charge on any atom is -0.478 e. The zero-order valence-corrected chi connectivity index (χ0v) is 14.7. The Kier molecular flexibility index (Phi) is 6.28. The summed E-state index contributed by atoms with van der Waals surface area (Å²) in [6, 6.07) is 6.01. The second kappa shape index (κ2) is 8.52. The maximum Gasteiger partial charge on any atom is 0.335 e. The Bertz CT molecular complexity index is 703. The van der Waals surface area contributed by atoms with Gasteiger partial charge in [0.05, 0.1) is 18.1 Å². The maximum atomic E-state index is 12.1. The molecule has 0 aliphatic carbocycles. The topological polar surface area (TPSA) is 163 Å². The number of ether oxygens (including phenoxy) is 3. The molecule has 0 spiro atoms. The molecule has 2 heterocycles. The first kappa shape index (κ1) is 20.6. The Morgan fingerprint density at radius 3 is 2.39 bits per heavy atom. The van der Waals surface area contributed by atoms with E-state index in [1.54, 1.807) is 12.1 Å². The molecule has 10 nitrogen and oxygen atoms in total. The number of cyclic esters (lactones) is 1. The minimum atomic E-state index is -1.59. The highest BCUT2D eigenvalue weighted by molar-refractivity contribution is 5.87. The molecule has 3 rings (SSSR count). The van der Waals surface area contributed by atoms with Gasteiger partial charge in [0.15, 0.2) is 6.29 Å². The van der Waals surface area contributed by atoms with Crippen molar-refractivity contribution < 1.29 is 49.3 Å². The second-order valence-electron chi connectivity index (χ2n) is 6.81. The van der Waals surface area contributed by atoms with E-state index in [9.17, 15) is 30.0 Å². The van der Waals surface area contributed by atoms with Gasteiger partial charge in [-0.2, -0.15) is 0 Å². The molecule has 10 heteroatoms. The summed E-state index contributed by atoms with van der Waals surface area (Å²) in [5, 5.41) is 47.9. The van der Waals surface area contributed by atoms with E-state index in [1.165, 1.54) is 12.1 Å². The molecule has 28 heavy (non-hydrogen) atoms. The van der Waals surface area contributed by atoms with E-state index in [0.717, 1.165) is 0 Å². The van der Waals surface area contributed by atoms with Crippen molar-refractivity contribution in [3.63, 3.8) is 0 Å². The van der Waals surface area contributed by atoms with Crippen molar-refractivity contribution in [2.45, 2.75) is 43.2 Å². The van der Waals surface area contributed by atoms with Crippen LogP contribution >= 0.6 is 0 Å². The molecule has 154 valence electrons. The quantitative estimate of drug-likeness (QED) is 0.349. The molecule has 2 aliphatic heterocycles. The van der Waals surface area contributed by atoms with Crippen LogP contribution in [-0.2, 0) is 25.4 Å². The SMILES string of the molecule is O=C(O)c1ccc(CC2C(=O)OC[C@@H]2OC2O[C@H](CO)[C@@H](O)[C@H](O)[C@H]2O)cc1. The number of esters is 1. The van der Waals surface area contributed by atoms with Crippen LogP contribution in [0.4, 0.5) is 0 Å².